The number of rotatable bonds is 9. The normalized spacial score (nSPS) is 16.5. The molecule has 0 saturated carbocycles. The highest BCUT2D eigenvalue weighted by molar-refractivity contribution is 5.40. The maximum atomic E-state index is 13.0. The van der Waals surface area contributed by atoms with Gasteiger partial charge in [-0.15, -0.1) is 0 Å². The monoisotopic (exact) mass is 423 g/mol. The van der Waals surface area contributed by atoms with Gasteiger partial charge >= 0.3 is 0 Å². The molecule has 1 heterocycles. The lowest BCUT2D eigenvalue weighted by Gasteiger charge is -2.24. The summed E-state index contributed by atoms with van der Waals surface area (Å²) in [5, 5.41) is 9.34. The van der Waals surface area contributed by atoms with Gasteiger partial charge in [0.2, 0.25) is 0 Å². The molecule has 1 saturated heterocycles. The third-order valence-corrected chi connectivity index (χ3v) is 6.31. The van der Waals surface area contributed by atoms with Gasteiger partial charge in [0.25, 0.3) is 0 Å². The Morgan fingerprint density at radius 1 is 1.03 bits per heavy atom. The zero-order valence-electron chi connectivity index (χ0n) is 18.8. The van der Waals surface area contributed by atoms with Crippen LogP contribution in [0.5, 0.6) is 5.75 Å². The average Bonchev–Trinajstić information content (AvgIpc) is 3.02. The van der Waals surface area contributed by atoms with Crippen LogP contribution in [0.4, 0.5) is 4.39 Å². The van der Waals surface area contributed by atoms with Crippen molar-refractivity contribution in [2.24, 2.45) is 0 Å². The summed E-state index contributed by atoms with van der Waals surface area (Å²) in [6, 6.07) is 14.9. The van der Waals surface area contributed by atoms with E-state index in [1.807, 2.05) is 6.92 Å². The molecule has 1 unspecified atom stereocenters. The van der Waals surface area contributed by atoms with Gasteiger partial charge in [-0.3, -0.25) is 4.90 Å². The van der Waals surface area contributed by atoms with E-state index in [4.69, 9.17) is 4.74 Å². The molecule has 1 aliphatic rings. The van der Waals surface area contributed by atoms with Crippen molar-refractivity contribution in [3.05, 3.63) is 65.0 Å². The number of nitriles is 1. The molecule has 0 N–H and O–H groups in total. The number of hydrogen-bond acceptors (Lipinski definition) is 4. The van der Waals surface area contributed by atoms with Crippen LogP contribution in [0.25, 0.3) is 0 Å². The van der Waals surface area contributed by atoms with Gasteiger partial charge in [0, 0.05) is 19.6 Å². The Labute approximate surface area is 186 Å². The Kier molecular flexibility index (Phi) is 8.87. The van der Waals surface area contributed by atoms with Crippen LogP contribution in [-0.4, -0.2) is 55.7 Å². The number of ether oxygens (including phenoxy) is 1. The Bertz CT molecular complexity index is 862. The van der Waals surface area contributed by atoms with Crippen LogP contribution in [0.3, 0.4) is 0 Å². The average molecular weight is 424 g/mol. The second kappa shape index (κ2) is 11.8. The first-order chi connectivity index (χ1) is 15.1. The maximum absolute atomic E-state index is 13.0. The smallest absolute Gasteiger partial charge is 0.123 e. The molecule has 4 nitrogen and oxygen atoms in total. The second-order valence-corrected chi connectivity index (χ2v) is 8.42. The molecule has 0 amide bonds. The second-order valence-electron chi connectivity index (χ2n) is 8.42. The summed E-state index contributed by atoms with van der Waals surface area (Å²) in [6.07, 6.45) is 3.38. The van der Waals surface area contributed by atoms with E-state index in [0.717, 1.165) is 75.4 Å². The summed E-state index contributed by atoms with van der Waals surface area (Å²) in [5.41, 5.74) is 3.14. The summed E-state index contributed by atoms with van der Waals surface area (Å²) in [5.74, 6) is 0.980. The molecule has 31 heavy (non-hydrogen) atoms. The molecule has 0 aliphatic carbocycles. The van der Waals surface area contributed by atoms with Crippen LogP contribution >= 0.6 is 0 Å². The largest absolute Gasteiger partial charge is 0.492 e. The van der Waals surface area contributed by atoms with Crippen LogP contribution in [0.2, 0.25) is 0 Å². The first kappa shape index (κ1) is 23.2. The molecule has 3 rings (SSSR count). The van der Waals surface area contributed by atoms with Gasteiger partial charge in [-0.2, -0.15) is 5.26 Å². The van der Waals surface area contributed by atoms with Crippen molar-refractivity contribution in [3.63, 3.8) is 0 Å². The lowest BCUT2D eigenvalue weighted by atomic mass is 9.90. The van der Waals surface area contributed by atoms with Crippen LogP contribution in [0.15, 0.2) is 42.5 Å². The molecular formula is C26H34FN3O. The van der Waals surface area contributed by atoms with Gasteiger partial charge in [-0.05, 0) is 93.2 Å². The van der Waals surface area contributed by atoms with Crippen LogP contribution in [0.1, 0.15) is 48.8 Å². The summed E-state index contributed by atoms with van der Waals surface area (Å²) in [6.45, 7) is 11.2. The van der Waals surface area contributed by atoms with E-state index >= 15 is 0 Å². The third kappa shape index (κ3) is 7.05. The van der Waals surface area contributed by atoms with Crippen molar-refractivity contribution in [3.8, 4) is 11.8 Å². The lowest BCUT2D eigenvalue weighted by molar-refractivity contribution is 0.207. The van der Waals surface area contributed by atoms with Crippen LogP contribution in [0, 0.1) is 24.1 Å². The van der Waals surface area contributed by atoms with Gasteiger partial charge < -0.3 is 9.64 Å². The van der Waals surface area contributed by atoms with Crippen LogP contribution < -0.4 is 4.74 Å². The predicted octanol–water partition coefficient (Wildman–Crippen LogP) is 4.98. The highest BCUT2D eigenvalue weighted by Gasteiger charge is 2.17. The predicted molar refractivity (Wildman–Crippen MR) is 123 cm³/mol. The molecular weight excluding hydrogens is 389 g/mol. The van der Waals surface area contributed by atoms with E-state index in [0.29, 0.717) is 12.5 Å². The van der Waals surface area contributed by atoms with Crippen molar-refractivity contribution < 1.29 is 9.13 Å². The van der Waals surface area contributed by atoms with Gasteiger partial charge in [0.1, 0.15) is 18.2 Å². The molecule has 2 aromatic rings. The van der Waals surface area contributed by atoms with Crippen LogP contribution in [-0.2, 0) is 0 Å². The summed E-state index contributed by atoms with van der Waals surface area (Å²) >= 11 is 0. The quantitative estimate of drug-likeness (QED) is 0.570. The molecule has 5 heteroatoms. The van der Waals surface area contributed by atoms with Gasteiger partial charge in [0.15, 0.2) is 0 Å². The van der Waals surface area contributed by atoms with Gasteiger partial charge in [0.05, 0.1) is 11.6 Å². The minimum absolute atomic E-state index is 0.238. The molecule has 166 valence electrons. The number of benzene rings is 2. The van der Waals surface area contributed by atoms with Crippen molar-refractivity contribution in [2.45, 2.75) is 39.0 Å². The fourth-order valence-corrected chi connectivity index (χ4v) is 4.25. The molecule has 1 fully saturated rings. The van der Waals surface area contributed by atoms with Crippen molar-refractivity contribution in [1.82, 2.24) is 9.80 Å². The minimum Gasteiger partial charge on any atom is -0.492 e. The summed E-state index contributed by atoms with van der Waals surface area (Å²) in [7, 11) is 0. The van der Waals surface area contributed by atoms with Crippen molar-refractivity contribution >= 4 is 0 Å². The topological polar surface area (TPSA) is 39.5 Å². The van der Waals surface area contributed by atoms with E-state index < -0.39 is 0 Å². The minimum atomic E-state index is -0.238. The SMILES string of the molecule is CCC(CCN1CCCN(CCOc2ccc(F)cc2)CC1)c1ccc(C)c(C#N)c1. The fraction of sp³-hybridized carbons (Fsp3) is 0.500. The third-order valence-electron chi connectivity index (χ3n) is 6.31. The first-order valence-corrected chi connectivity index (χ1v) is 11.4. The van der Waals surface area contributed by atoms with E-state index in [1.54, 1.807) is 12.1 Å². The van der Waals surface area contributed by atoms with Gasteiger partial charge in [-0.1, -0.05) is 19.1 Å². The zero-order valence-corrected chi connectivity index (χ0v) is 18.8. The first-order valence-electron chi connectivity index (χ1n) is 11.4. The van der Waals surface area contributed by atoms with E-state index in [1.165, 1.54) is 17.7 Å². The number of hydrogen-bond donors (Lipinski definition) is 0. The molecule has 0 bridgehead atoms. The fourth-order valence-electron chi connectivity index (χ4n) is 4.25. The lowest BCUT2D eigenvalue weighted by Crippen LogP contribution is -2.34. The molecule has 1 aliphatic heterocycles. The van der Waals surface area contributed by atoms with E-state index in [-0.39, 0.29) is 5.82 Å². The molecule has 0 spiro atoms. The Morgan fingerprint density at radius 3 is 2.42 bits per heavy atom. The van der Waals surface area contributed by atoms with E-state index in [2.05, 4.69) is 41.0 Å². The summed E-state index contributed by atoms with van der Waals surface area (Å²) in [4.78, 5) is 5.03. The number of halogens is 1. The Hall–Kier alpha value is -2.42. The molecule has 0 radical (unpaired) electrons. The van der Waals surface area contributed by atoms with Crippen molar-refractivity contribution in [2.75, 3.05) is 45.9 Å². The highest BCUT2D eigenvalue weighted by atomic mass is 19.1. The Morgan fingerprint density at radius 2 is 1.74 bits per heavy atom. The number of aryl methyl sites for hydroxylation is 1. The Balaban J connectivity index is 1.42. The summed E-state index contributed by atoms with van der Waals surface area (Å²) < 4.78 is 18.7. The molecule has 1 atom stereocenters. The number of nitrogens with zero attached hydrogens (tertiary/aromatic N) is 3. The highest BCUT2D eigenvalue weighted by Crippen LogP contribution is 2.26. The van der Waals surface area contributed by atoms with Crippen molar-refractivity contribution in [1.29, 1.82) is 5.26 Å². The van der Waals surface area contributed by atoms with E-state index in [9.17, 15) is 9.65 Å². The molecule has 2 aromatic carbocycles. The molecule has 0 aromatic heterocycles. The standard InChI is InChI=1S/C26H34FN3O/c1-3-22(23-6-5-21(2)24(19-23)20-28)11-14-29-12-4-13-30(16-15-29)17-18-31-26-9-7-25(27)8-10-26/h5-10,19,22H,3-4,11-18H2,1-2H3. The van der Waals surface area contributed by atoms with Gasteiger partial charge in [-0.25, -0.2) is 4.39 Å². The zero-order chi connectivity index (χ0) is 22.1. The maximum Gasteiger partial charge on any atom is 0.123 e.